The first-order chi connectivity index (χ1) is 7.84. The molecule has 0 saturated carbocycles. The van der Waals surface area contributed by atoms with E-state index in [0.717, 1.165) is 25.6 Å². The van der Waals surface area contributed by atoms with E-state index >= 15 is 0 Å². The maximum Gasteiger partial charge on any atom is 0.0551 e. The Morgan fingerprint density at radius 3 is 2.75 bits per heavy atom. The molecule has 0 amide bonds. The Morgan fingerprint density at radius 1 is 1.25 bits per heavy atom. The van der Waals surface area contributed by atoms with Crippen LogP contribution in [0.1, 0.15) is 32.6 Å². The quantitative estimate of drug-likeness (QED) is 0.719. The molecule has 1 N–H and O–H groups in total. The molecule has 2 aliphatic heterocycles. The van der Waals surface area contributed by atoms with E-state index in [2.05, 4.69) is 17.1 Å². The van der Waals surface area contributed by atoms with Crippen LogP contribution in [-0.2, 0) is 4.74 Å². The van der Waals surface area contributed by atoms with E-state index < -0.39 is 0 Å². The fourth-order valence-electron chi connectivity index (χ4n) is 2.77. The molecule has 2 atom stereocenters. The first-order valence-electron chi connectivity index (χ1n) is 6.89. The lowest BCUT2D eigenvalue weighted by Crippen LogP contribution is -2.37. The van der Waals surface area contributed by atoms with Crippen molar-refractivity contribution in [2.24, 2.45) is 5.92 Å². The third kappa shape index (κ3) is 4.04. The minimum absolute atomic E-state index is 0.480. The summed E-state index contributed by atoms with van der Waals surface area (Å²) < 4.78 is 5.56. The normalized spacial score (nSPS) is 32.1. The summed E-state index contributed by atoms with van der Waals surface area (Å²) in [5.41, 5.74) is 0. The van der Waals surface area contributed by atoms with Crippen molar-refractivity contribution in [3.8, 4) is 0 Å². The average molecular weight is 226 g/mol. The number of hydrogen-bond acceptors (Lipinski definition) is 3. The summed E-state index contributed by atoms with van der Waals surface area (Å²) in [7, 11) is 0. The maximum absolute atomic E-state index is 5.56. The number of nitrogens with one attached hydrogen (secondary N) is 1. The van der Waals surface area contributed by atoms with Gasteiger partial charge in [-0.15, -0.1) is 0 Å². The summed E-state index contributed by atoms with van der Waals surface area (Å²) in [6, 6.07) is 0. The van der Waals surface area contributed by atoms with Crippen molar-refractivity contribution in [3.63, 3.8) is 0 Å². The summed E-state index contributed by atoms with van der Waals surface area (Å²) >= 11 is 0. The molecular weight excluding hydrogens is 200 g/mol. The second kappa shape index (κ2) is 6.58. The molecule has 2 aliphatic rings. The van der Waals surface area contributed by atoms with Gasteiger partial charge in [-0.3, -0.25) is 0 Å². The van der Waals surface area contributed by atoms with Crippen LogP contribution in [0, 0.1) is 5.92 Å². The van der Waals surface area contributed by atoms with Gasteiger partial charge in [0.05, 0.1) is 12.7 Å². The Bertz CT molecular complexity index is 186. The average Bonchev–Trinajstić information content (AvgIpc) is 2.72. The van der Waals surface area contributed by atoms with Gasteiger partial charge in [0.1, 0.15) is 0 Å². The molecule has 2 unspecified atom stereocenters. The fraction of sp³-hybridized carbons (Fsp3) is 1.00. The van der Waals surface area contributed by atoms with Gasteiger partial charge in [-0.05, 0) is 45.2 Å². The van der Waals surface area contributed by atoms with Crippen molar-refractivity contribution in [2.45, 2.75) is 38.7 Å². The highest BCUT2D eigenvalue weighted by Crippen LogP contribution is 2.17. The van der Waals surface area contributed by atoms with Crippen molar-refractivity contribution in [2.75, 3.05) is 39.3 Å². The van der Waals surface area contributed by atoms with Crippen molar-refractivity contribution in [3.05, 3.63) is 0 Å². The SMILES string of the molecule is CC1CC(CNCCN2CCCCC2)CO1. The molecule has 16 heavy (non-hydrogen) atoms. The third-order valence-corrected chi connectivity index (χ3v) is 3.77. The van der Waals surface area contributed by atoms with Crippen LogP contribution in [0.15, 0.2) is 0 Å². The highest BCUT2D eigenvalue weighted by Gasteiger charge is 2.21. The predicted octanol–water partition coefficient (Wildman–Crippen LogP) is 1.49. The number of hydrogen-bond donors (Lipinski definition) is 1. The molecule has 2 fully saturated rings. The topological polar surface area (TPSA) is 24.5 Å². The lowest BCUT2D eigenvalue weighted by Gasteiger charge is -2.26. The molecule has 0 aromatic rings. The highest BCUT2D eigenvalue weighted by molar-refractivity contribution is 4.73. The Balaban J connectivity index is 1.48. The van der Waals surface area contributed by atoms with Crippen LogP contribution in [0.25, 0.3) is 0 Å². The van der Waals surface area contributed by atoms with E-state index in [4.69, 9.17) is 4.74 Å². The summed E-state index contributed by atoms with van der Waals surface area (Å²) in [4.78, 5) is 2.59. The van der Waals surface area contributed by atoms with Crippen molar-refractivity contribution in [1.29, 1.82) is 0 Å². The zero-order chi connectivity index (χ0) is 11.2. The molecule has 0 spiro atoms. The van der Waals surface area contributed by atoms with Gasteiger partial charge in [0.15, 0.2) is 0 Å². The van der Waals surface area contributed by atoms with Gasteiger partial charge in [-0.2, -0.15) is 0 Å². The van der Waals surface area contributed by atoms with Crippen molar-refractivity contribution >= 4 is 0 Å². The second-order valence-electron chi connectivity index (χ2n) is 5.35. The van der Waals surface area contributed by atoms with Crippen molar-refractivity contribution in [1.82, 2.24) is 10.2 Å². The Labute approximate surface area is 99.5 Å². The molecule has 2 rings (SSSR count). The fourth-order valence-corrected chi connectivity index (χ4v) is 2.77. The van der Waals surface area contributed by atoms with Gasteiger partial charge in [-0.1, -0.05) is 6.42 Å². The minimum atomic E-state index is 0.480. The van der Waals surface area contributed by atoms with E-state index in [-0.39, 0.29) is 0 Å². The monoisotopic (exact) mass is 226 g/mol. The molecular formula is C13H26N2O. The summed E-state index contributed by atoms with van der Waals surface area (Å²) in [5, 5.41) is 3.57. The lowest BCUT2D eigenvalue weighted by atomic mass is 10.1. The number of nitrogens with zero attached hydrogens (tertiary/aromatic N) is 1. The Kier molecular flexibility index (Phi) is 5.07. The van der Waals surface area contributed by atoms with Gasteiger partial charge in [0.25, 0.3) is 0 Å². The Hall–Kier alpha value is -0.120. The number of ether oxygens (including phenoxy) is 1. The minimum Gasteiger partial charge on any atom is -0.378 e. The molecule has 0 radical (unpaired) electrons. The van der Waals surface area contributed by atoms with Gasteiger partial charge in [0, 0.05) is 19.6 Å². The van der Waals surface area contributed by atoms with Crippen molar-refractivity contribution < 1.29 is 4.74 Å². The van der Waals surface area contributed by atoms with Crippen LogP contribution in [0.3, 0.4) is 0 Å². The van der Waals surface area contributed by atoms with E-state index in [1.54, 1.807) is 0 Å². The highest BCUT2D eigenvalue weighted by atomic mass is 16.5. The molecule has 2 saturated heterocycles. The van der Waals surface area contributed by atoms with E-state index in [0.29, 0.717) is 6.10 Å². The van der Waals surface area contributed by atoms with Crippen LogP contribution >= 0.6 is 0 Å². The number of likely N-dealkylation sites (tertiary alicyclic amines) is 1. The van der Waals surface area contributed by atoms with E-state index in [1.807, 2.05) is 0 Å². The standard InChI is InChI=1S/C13H26N2O/c1-12-9-13(11-16-12)10-14-5-8-15-6-3-2-4-7-15/h12-14H,2-11H2,1H3. The molecule has 0 aliphatic carbocycles. The predicted molar refractivity (Wildman–Crippen MR) is 66.7 cm³/mol. The van der Waals surface area contributed by atoms with Gasteiger partial charge in [-0.25, -0.2) is 0 Å². The first-order valence-corrected chi connectivity index (χ1v) is 6.89. The molecule has 3 nitrogen and oxygen atoms in total. The summed E-state index contributed by atoms with van der Waals surface area (Å²) in [6.45, 7) is 9.26. The molecule has 0 aromatic carbocycles. The molecule has 94 valence electrons. The van der Waals surface area contributed by atoms with E-state index in [1.165, 1.54) is 45.3 Å². The Morgan fingerprint density at radius 2 is 2.06 bits per heavy atom. The van der Waals surface area contributed by atoms with Crippen LogP contribution in [0.2, 0.25) is 0 Å². The maximum atomic E-state index is 5.56. The van der Waals surface area contributed by atoms with Crippen LogP contribution in [0.5, 0.6) is 0 Å². The molecule has 2 heterocycles. The van der Waals surface area contributed by atoms with Crippen LogP contribution in [-0.4, -0.2) is 50.3 Å². The summed E-state index contributed by atoms with van der Waals surface area (Å²) in [6.07, 6.45) is 5.94. The first kappa shape index (κ1) is 12.3. The molecule has 0 bridgehead atoms. The number of piperidine rings is 1. The second-order valence-corrected chi connectivity index (χ2v) is 5.35. The molecule has 0 aromatic heterocycles. The summed E-state index contributed by atoms with van der Waals surface area (Å²) in [5.74, 6) is 0.747. The van der Waals surface area contributed by atoms with Crippen LogP contribution in [0.4, 0.5) is 0 Å². The largest absolute Gasteiger partial charge is 0.378 e. The zero-order valence-electron chi connectivity index (χ0n) is 10.6. The van der Waals surface area contributed by atoms with E-state index in [9.17, 15) is 0 Å². The smallest absolute Gasteiger partial charge is 0.0551 e. The van der Waals surface area contributed by atoms with Gasteiger partial charge in [0.2, 0.25) is 0 Å². The number of rotatable bonds is 5. The zero-order valence-corrected chi connectivity index (χ0v) is 10.6. The van der Waals surface area contributed by atoms with Gasteiger partial charge >= 0.3 is 0 Å². The molecule has 3 heteroatoms. The van der Waals surface area contributed by atoms with Gasteiger partial charge < -0.3 is 15.0 Å². The third-order valence-electron chi connectivity index (χ3n) is 3.77. The lowest BCUT2D eigenvalue weighted by molar-refractivity contribution is 0.120. The van der Waals surface area contributed by atoms with Crippen LogP contribution < -0.4 is 5.32 Å².